The van der Waals surface area contributed by atoms with Gasteiger partial charge in [0.05, 0.1) is 5.30 Å². The number of phenols is 2. The van der Waals surface area contributed by atoms with Crippen molar-refractivity contribution in [1.29, 1.82) is 0 Å². The van der Waals surface area contributed by atoms with Crippen LogP contribution in [0.4, 0.5) is 0 Å². The zero-order valence-corrected chi connectivity index (χ0v) is 15.1. The fourth-order valence-corrected chi connectivity index (χ4v) is 5.09. The summed E-state index contributed by atoms with van der Waals surface area (Å²) in [4.78, 5) is 0. The monoisotopic (exact) mass is 374 g/mol. The van der Waals surface area contributed by atoms with Crippen LogP contribution in [-0.2, 0) is 4.57 Å². The summed E-state index contributed by atoms with van der Waals surface area (Å²) in [6.07, 6.45) is 0. The molecule has 0 aliphatic carbocycles. The number of aromatic hydroxyl groups is 2. The van der Waals surface area contributed by atoms with E-state index in [9.17, 15) is 14.8 Å². The summed E-state index contributed by atoms with van der Waals surface area (Å²) in [5.74, 6) is 0.800. The first kappa shape index (κ1) is 16.0. The van der Waals surface area contributed by atoms with E-state index in [2.05, 4.69) is 0 Å². The van der Waals surface area contributed by atoms with E-state index in [0.717, 1.165) is 11.1 Å². The maximum absolute atomic E-state index is 13.0. The van der Waals surface area contributed by atoms with Crippen molar-refractivity contribution in [3.8, 4) is 39.5 Å². The molecule has 5 heteroatoms. The topological polar surface area (TPSA) is 66.8 Å². The Labute approximate surface area is 156 Å². The Morgan fingerprint density at radius 2 is 1.41 bits per heavy atom. The Bertz CT molecular complexity index is 1250. The summed E-state index contributed by atoms with van der Waals surface area (Å²) in [5.41, 5.74) is 2.91. The van der Waals surface area contributed by atoms with Gasteiger partial charge in [-0.2, -0.15) is 0 Å². The Balaban J connectivity index is 1.88. The average molecular weight is 374 g/mol. The number of benzene rings is 4. The maximum atomic E-state index is 13.0. The molecule has 0 fully saturated rings. The lowest BCUT2D eigenvalue weighted by Gasteiger charge is -2.23. The molecule has 0 saturated carbocycles. The predicted molar refractivity (Wildman–Crippen MR) is 107 cm³/mol. The quantitative estimate of drug-likeness (QED) is 0.456. The molecule has 27 heavy (non-hydrogen) atoms. The maximum Gasteiger partial charge on any atom is 0.267 e. The molecular formula is C22H15O4P. The fraction of sp³-hybridized carbons (Fsp3) is 0. The second-order valence-corrected chi connectivity index (χ2v) is 7.72. The van der Waals surface area contributed by atoms with Gasteiger partial charge in [0.2, 0.25) is 0 Å². The SMILES string of the molecule is O=[PH]1Oc2ccccc2-c2cccc(-c3c(O)ccc4c(O)cccc34)c21. The molecule has 2 N–H and O–H groups in total. The van der Waals surface area contributed by atoms with E-state index in [1.165, 1.54) is 0 Å². The van der Waals surface area contributed by atoms with E-state index < -0.39 is 8.03 Å². The van der Waals surface area contributed by atoms with E-state index in [1.54, 1.807) is 30.3 Å². The Morgan fingerprint density at radius 1 is 0.667 bits per heavy atom. The second-order valence-electron chi connectivity index (χ2n) is 6.45. The molecule has 1 unspecified atom stereocenters. The zero-order chi connectivity index (χ0) is 18.5. The summed E-state index contributed by atoms with van der Waals surface area (Å²) in [6, 6.07) is 21.5. The summed E-state index contributed by atoms with van der Waals surface area (Å²) >= 11 is 0. The first-order valence-corrected chi connectivity index (χ1v) is 9.85. The molecule has 1 aliphatic rings. The first-order valence-electron chi connectivity index (χ1n) is 8.54. The minimum atomic E-state index is -2.56. The lowest BCUT2D eigenvalue weighted by atomic mass is 9.93. The highest BCUT2D eigenvalue weighted by molar-refractivity contribution is 7.49. The normalized spacial score (nSPS) is 15.0. The number of para-hydroxylation sites is 1. The van der Waals surface area contributed by atoms with Crippen molar-refractivity contribution >= 4 is 24.1 Å². The minimum absolute atomic E-state index is 0.0650. The number of phenolic OH excluding ortho intramolecular Hbond substituents is 2. The van der Waals surface area contributed by atoms with Crippen LogP contribution in [0.5, 0.6) is 17.2 Å². The number of hydrogen-bond donors (Lipinski definition) is 2. The highest BCUT2D eigenvalue weighted by Gasteiger charge is 2.27. The van der Waals surface area contributed by atoms with Crippen LogP contribution in [0, 0.1) is 0 Å². The molecule has 4 aromatic rings. The standard InChI is InChI=1S/C22H15O4P/c23-18-9-4-6-15-13(18)11-12-19(24)21(15)17-8-3-7-16-14-5-1-2-10-20(14)26-27(25)22(16)17/h1-12,23-24,27H. The van der Waals surface area contributed by atoms with Crippen molar-refractivity contribution < 1.29 is 19.3 Å². The molecule has 0 aromatic heterocycles. The molecule has 1 heterocycles. The Kier molecular flexibility index (Phi) is 3.49. The van der Waals surface area contributed by atoms with Crippen LogP contribution in [0.2, 0.25) is 0 Å². The van der Waals surface area contributed by atoms with Gasteiger partial charge in [0.25, 0.3) is 8.03 Å². The fourth-order valence-electron chi connectivity index (χ4n) is 3.75. The van der Waals surface area contributed by atoms with Crippen LogP contribution in [0.15, 0.2) is 72.8 Å². The van der Waals surface area contributed by atoms with Gasteiger partial charge in [0.15, 0.2) is 0 Å². The minimum Gasteiger partial charge on any atom is -0.507 e. The van der Waals surface area contributed by atoms with Crippen molar-refractivity contribution in [2.24, 2.45) is 0 Å². The smallest absolute Gasteiger partial charge is 0.267 e. The molecule has 1 atom stereocenters. The van der Waals surface area contributed by atoms with Crippen molar-refractivity contribution in [2.75, 3.05) is 0 Å². The lowest BCUT2D eigenvalue weighted by molar-refractivity contribution is 0.476. The van der Waals surface area contributed by atoms with Gasteiger partial charge in [-0.25, -0.2) is 0 Å². The van der Waals surface area contributed by atoms with Gasteiger partial charge in [-0.15, -0.1) is 0 Å². The number of rotatable bonds is 1. The lowest BCUT2D eigenvalue weighted by Crippen LogP contribution is -2.13. The third-order valence-corrected chi connectivity index (χ3v) is 6.29. The molecular weight excluding hydrogens is 359 g/mol. The summed E-state index contributed by atoms with van der Waals surface area (Å²) in [7, 11) is -2.56. The molecule has 0 saturated heterocycles. The van der Waals surface area contributed by atoms with Gasteiger partial charge in [0.1, 0.15) is 17.2 Å². The van der Waals surface area contributed by atoms with Gasteiger partial charge in [0, 0.05) is 22.1 Å². The van der Waals surface area contributed by atoms with Crippen LogP contribution < -0.4 is 9.83 Å². The molecule has 4 nitrogen and oxygen atoms in total. The third kappa shape index (κ3) is 2.34. The third-order valence-electron chi connectivity index (χ3n) is 4.93. The van der Waals surface area contributed by atoms with Crippen LogP contribution in [0.25, 0.3) is 33.0 Å². The van der Waals surface area contributed by atoms with Crippen LogP contribution in [0.3, 0.4) is 0 Å². The van der Waals surface area contributed by atoms with Crippen molar-refractivity contribution in [3.05, 3.63) is 72.8 Å². The summed E-state index contributed by atoms with van der Waals surface area (Å²) in [6.45, 7) is 0. The van der Waals surface area contributed by atoms with Gasteiger partial charge in [-0.05, 0) is 35.2 Å². The highest BCUT2D eigenvalue weighted by atomic mass is 31.1. The second kappa shape index (κ2) is 5.90. The number of fused-ring (bicyclic) bond motifs is 4. The van der Waals surface area contributed by atoms with Gasteiger partial charge in [-0.1, -0.05) is 48.5 Å². The number of hydrogen-bond acceptors (Lipinski definition) is 4. The first-order chi connectivity index (χ1) is 13.1. The van der Waals surface area contributed by atoms with Crippen molar-refractivity contribution in [1.82, 2.24) is 0 Å². The van der Waals surface area contributed by atoms with E-state index in [0.29, 0.717) is 33.0 Å². The van der Waals surface area contributed by atoms with E-state index in [-0.39, 0.29) is 11.5 Å². The van der Waals surface area contributed by atoms with Crippen molar-refractivity contribution in [2.45, 2.75) is 0 Å². The summed E-state index contributed by atoms with van der Waals surface area (Å²) < 4.78 is 18.7. The zero-order valence-electron chi connectivity index (χ0n) is 14.1. The molecule has 1 aliphatic heterocycles. The molecule has 5 rings (SSSR count). The van der Waals surface area contributed by atoms with Gasteiger partial charge in [-0.3, -0.25) is 4.57 Å². The molecule has 0 bridgehead atoms. The average Bonchev–Trinajstić information content (AvgIpc) is 2.68. The van der Waals surface area contributed by atoms with Gasteiger partial charge >= 0.3 is 0 Å². The Hall–Kier alpha value is -3.23. The largest absolute Gasteiger partial charge is 0.507 e. The highest BCUT2D eigenvalue weighted by Crippen LogP contribution is 2.47. The molecule has 132 valence electrons. The van der Waals surface area contributed by atoms with E-state index in [4.69, 9.17) is 4.52 Å². The van der Waals surface area contributed by atoms with E-state index in [1.807, 2.05) is 42.5 Å². The van der Waals surface area contributed by atoms with Crippen LogP contribution in [-0.4, -0.2) is 10.2 Å². The Morgan fingerprint density at radius 3 is 2.30 bits per heavy atom. The predicted octanol–water partition coefficient (Wildman–Crippen LogP) is 5.08. The summed E-state index contributed by atoms with van der Waals surface area (Å²) in [5, 5.41) is 22.7. The molecule has 0 radical (unpaired) electrons. The molecule has 0 amide bonds. The van der Waals surface area contributed by atoms with Crippen LogP contribution in [0.1, 0.15) is 0 Å². The molecule has 0 spiro atoms. The van der Waals surface area contributed by atoms with Gasteiger partial charge < -0.3 is 14.7 Å². The molecule has 4 aromatic carbocycles. The van der Waals surface area contributed by atoms with E-state index >= 15 is 0 Å². The van der Waals surface area contributed by atoms with Crippen molar-refractivity contribution in [3.63, 3.8) is 0 Å². The van der Waals surface area contributed by atoms with Crippen LogP contribution >= 0.6 is 8.03 Å².